The fourth-order valence-electron chi connectivity index (χ4n) is 1.83. The molecular weight excluding hydrogens is 262 g/mol. The van der Waals surface area contributed by atoms with Gasteiger partial charge in [0.2, 0.25) is 0 Å². The van der Waals surface area contributed by atoms with Gasteiger partial charge < -0.3 is 4.74 Å². The first-order valence-electron chi connectivity index (χ1n) is 6.23. The highest BCUT2D eigenvalue weighted by Gasteiger charge is 2.13. The number of Topliss-reactive ketones (excluding diaryl/α,β-unsaturated/α-hetero) is 1. The lowest BCUT2D eigenvalue weighted by atomic mass is 10.0. The summed E-state index contributed by atoms with van der Waals surface area (Å²) in [5, 5.41) is 0.786. The van der Waals surface area contributed by atoms with E-state index >= 15 is 0 Å². The van der Waals surface area contributed by atoms with Crippen molar-refractivity contribution in [3.05, 3.63) is 36.0 Å². The number of carbonyl (C=O) groups excluding carboxylic acids is 1. The van der Waals surface area contributed by atoms with Crippen molar-refractivity contribution in [1.82, 2.24) is 4.98 Å². The Hall–Kier alpha value is -1.61. The van der Waals surface area contributed by atoms with Crippen LogP contribution in [0.25, 0.3) is 10.9 Å². The van der Waals surface area contributed by atoms with Crippen molar-refractivity contribution in [2.45, 2.75) is 13.8 Å². The molecule has 0 aliphatic rings. The molecule has 0 N–H and O–H groups in total. The SMILES string of the molecule is CC(C)COc1ccc(C(=O)CCl)c2cccnc12. The largest absolute Gasteiger partial charge is 0.491 e. The average Bonchev–Trinajstić information content (AvgIpc) is 2.43. The number of alkyl halides is 1. The summed E-state index contributed by atoms with van der Waals surface area (Å²) in [5.74, 6) is 1.00. The predicted molar refractivity (Wildman–Crippen MR) is 77.1 cm³/mol. The lowest BCUT2D eigenvalue weighted by Gasteiger charge is -2.12. The molecule has 0 saturated carbocycles. The molecule has 0 bridgehead atoms. The van der Waals surface area contributed by atoms with E-state index in [4.69, 9.17) is 16.3 Å². The molecule has 19 heavy (non-hydrogen) atoms. The van der Waals surface area contributed by atoms with Crippen LogP contribution in [0.4, 0.5) is 0 Å². The van der Waals surface area contributed by atoms with E-state index < -0.39 is 0 Å². The second-order valence-electron chi connectivity index (χ2n) is 4.77. The lowest BCUT2D eigenvalue weighted by molar-refractivity contribution is 0.102. The number of ketones is 1. The van der Waals surface area contributed by atoms with Crippen LogP contribution in [0.2, 0.25) is 0 Å². The number of benzene rings is 1. The van der Waals surface area contributed by atoms with Gasteiger partial charge in [-0.05, 0) is 24.1 Å². The zero-order chi connectivity index (χ0) is 13.8. The maximum Gasteiger partial charge on any atom is 0.178 e. The molecule has 3 nitrogen and oxygen atoms in total. The van der Waals surface area contributed by atoms with E-state index in [0.29, 0.717) is 29.4 Å². The summed E-state index contributed by atoms with van der Waals surface area (Å²) < 4.78 is 5.74. The summed E-state index contributed by atoms with van der Waals surface area (Å²) in [5.41, 5.74) is 1.30. The number of nitrogens with zero attached hydrogens (tertiary/aromatic N) is 1. The quantitative estimate of drug-likeness (QED) is 0.618. The molecular formula is C15H16ClNO2. The standard InChI is InChI=1S/C15H16ClNO2/c1-10(2)9-19-14-6-5-11(13(18)8-16)12-4-3-7-17-15(12)14/h3-7,10H,8-9H2,1-2H3. The van der Waals surface area contributed by atoms with E-state index in [2.05, 4.69) is 18.8 Å². The van der Waals surface area contributed by atoms with E-state index in [0.717, 1.165) is 5.39 Å². The van der Waals surface area contributed by atoms with Gasteiger partial charge in [0.1, 0.15) is 11.3 Å². The fourth-order valence-corrected chi connectivity index (χ4v) is 1.98. The normalized spacial score (nSPS) is 10.9. The highest BCUT2D eigenvalue weighted by atomic mass is 35.5. The van der Waals surface area contributed by atoms with Gasteiger partial charge in [-0.15, -0.1) is 11.6 Å². The van der Waals surface area contributed by atoms with Crippen LogP contribution in [0, 0.1) is 5.92 Å². The van der Waals surface area contributed by atoms with E-state index in [9.17, 15) is 4.79 Å². The van der Waals surface area contributed by atoms with Crippen molar-refractivity contribution in [2.75, 3.05) is 12.5 Å². The van der Waals surface area contributed by atoms with Gasteiger partial charge in [0.25, 0.3) is 0 Å². The zero-order valence-corrected chi connectivity index (χ0v) is 11.8. The summed E-state index contributed by atoms with van der Waals surface area (Å²) in [6.45, 7) is 4.79. The molecule has 0 saturated heterocycles. The van der Waals surface area contributed by atoms with E-state index in [-0.39, 0.29) is 11.7 Å². The van der Waals surface area contributed by atoms with Crippen LogP contribution < -0.4 is 4.74 Å². The van der Waals surface area contributed by atoms with Gasteiger partial charge in [0, 0.05) is 17.1 Å². The maximum atomic E-state index is 11.8. The van der Waals surface area contributed by atoms with Crippen molar-refractivity contribution in [3.63, 3.8) is 0 Å². The van der Waals surface area contributed by atoms with Crippen molar-refractivity contribution in [1.29, 1.82) is 0 Å². The minimum atomic E-state index is -0.102. The molecule has 2 aromatic rings. The van der Waals surface area contributed by atoms with Gasteiger partial charge in [0.05, 0.1) is 12.5 Å². The summed E-state index contributed by atoms with van der Waals surface area (Å²) in [4.78, 5) is 16.1. The Morgan fingerprint density at radius 2 is 2.16 bits per heavy atom. The molecule has 1 aromatic carbocycles. The summed E-state index contributed by atoms with van der Waals surface area (Å²) in [7, 11) is 0. The smallest absolute Gasteiger partial charge is 0.178 e. The van der Waals surface area contributed by atoms with Gasteiger partial charge in [-0.1, -0.05) is 19.9 Å². The van der Waals surface area contributed by atoms with Crippen LogP contribution >= 0.6 is 11.6 Å². The first-order chi connectivity index (χ1) is 9.13. The molecule has 0 amide bonds. The number of halogens is 1. The lowest BCUT2D eigenvalue weighted by Crippen LogP contribution is -2.07. The minimum Gasteiger partial charge on any atom is -0.491 e. The van der Waals surface area contributed by atoms with Crippen LogP contribution in [0.5, 0.6) is 5.75 Å². The number of fused-ring (bicyclic) bond motifs is 1. The number of ether oxygens (including phenoxy) is 1. The molecule has 0 radical (unpaired) electrons. The molecule has 0 fully saturated rings. The third-order valence-electron chi connectivity index (χ3n) is 2.73. The second kappa shape index (κ2) is 6.02. The first-order valence-corrected chi connectivity index (χ1v) is 6.76. The molecule has 0 aliphatic heterocycles. The second-order valence-corrected chi connectivity index (χ2v) is 5.04. The molecule has 2 rings (SSSR count). The maximum absolute atomic E-state index is 11.8. The Balaban J connectivity index is 2.49. The predicted octanol–water partition coefficient (Wildman–Crippen LogP) is 3.69. The van der Waals surface area contributed by atoms with Gasteiger partial charge in [0.15, 0.2) is 5.78 Å². The van der Waals surface area contributed by atoms with Crippen molar-refractivity contribution >= 4 is 28.3 Å². The van der Waals surface area contributed by atoms with Gasteiger partial charge in [-0.2, -0.15) is 0 Å². The highest BCUT2D eigenvalue weighted by Crippen LogP contribution is 2.27. The number of hydrogen-bond donors (Lipinski definition) is 0. The molecule has 100 valence electrons. The van der Waals surface area contributed by atoms with Gasteiger partial charge in [-0.25, -0.2) is 0 Å². The summed E-state index contributed by atoms with van der Waals surface area (Å²) in [6, 6.07) is 7.21. The fraction of sp³-hybridized carbons (Fsp3) is 0.333. The summed E-state index contributed by atoms with van der Waals surface area (Å²) >= 11 is 5.63. The van der Waals surface area contributed by atoms with E-state index in [1.165, 1.54) is 0 Å². The third kappa shape index (κ3) is 3.04. The van der Waals surface area contributed by atoms with E-state index in [1.54, 1.807) is 24.4 Å². The molecule has 0 aliphatic carbocycles. The minimum absolute atomic E-state index is 0.0316. The molecule has 1 aromatic heterocycles. The Bertz CT molecular complexity index is 596. The van der Waals surface area contributed by atoms with Crippen LogP contribution in [-0.4, -0.2) is 23.3 Å². The third-order valence-corrected chi connectivity index (χ3v) is 2.97. The molecule has 0 spiro atoms. The van der Waals surface area contributed by atoms with E-state index in [1.807, 2.05) is 6.07 Å². The van der Waals surface area contributed by atoms with Crippen LogP contribution in [0.1, 0.15) is 24.2 Å². The van der Waals surface area contributed by atoms with Crippen LogP contribution in [0.3, 0.4) is 0 Å². The zero-order valence-electron chi connectivity index (χ0n) is 11.0. The number of rotatable bonds is 5. The summed E-state index contributed by atoms with van der Waals surface area (Å²) in [6.07, 6.45) is 1.69. The Kier molecular flexibility index (Phi) is 4.38. The molecule has 1 heterocycles. The molecule has 0 unspecified atom stereocenters. The molecule has 4 heteroatoms. The van der Waals surface area contributed by atoms with Gasteiger partial charge >= 0.3 is 0 Å². The highest BCUT2D eigenvalue weighted by molar-refractivity contribution is 6.32. The van der Waals surface area contributed by atoms with Gasteiger partial charge in [-0.3, -0.25) is 9.78 Å². The Labute approximate surface area is 117 Å². The first kappa shape index (κ1) is 13.8. The Morgan fingerprint density at radius 1 is 1.37 bits per heavy atom. The number of pyridine rings is 1. The number of aromatic nitrogens is 1. The average molecular weight is 278 g/mol. The Morgan fingerprint density at radius 3 is 2.84 bits per heavy atom. The number of carbonyl (C=O) groups is 1. The topological polar surface area (TPSA) is 39.2 Å². The van der Waals surface area contributed by atoms with Crippen molar-refractivity contribution in [3.8, 4) is 5.75 Å². The molecule has 0 atom stereocenters. The van der Waals surface area contributed by atoms with Crippen LogP contribution in [-0.2, 0) is 0 Å². The number of hydrogen-bond acceptors (Lipinski definition) is 3. The van der Waals surface area contributed by atoms with Crippen molar-refractivity contribution in [2.24, 2.45) is 5.92 Å². The van der Waals surface area contributed by atoms with Crippen molar-refractivity contribution < 1.29 is 9.53 Å². The monoisotopic (exact) mass is 277 g/mol. The van der Waals surface area contributed by atoms with Crippen LogP contribution in [0.15, 0.2) is 30.5 Å².